The summed E-state index contributed by atoms with van der Waals surface area (Å²) >= 11 is 0. The summed E-state index contributed by atoms with van der Waals surface area (Å²) < 4.78 is 29.1. The molecule has 1 heterocycles. The highest BCUT2D eigenvalue weighted by Crippen LogP contribution is 2.26. The van der Waals surface area contributed by atoms with Crippen molar-refractivity contribution in [1.29, 1.82) is 0 Å². The molecule has 74 valence electrons. The third-order valence-electron chi connectivity index (χ3n) is 2.08. The van der Waals surface area contributed by atoms with Gasteiger partial charge in [0.1, 0.15) is 0 Å². The van der Waals surface area contributed by atoms with Gasteiger partial charge in [-0.1, -0.05) is 20.8 Å². The average Bonchev–Trinajstić information content (AvgIpc) is 2.08. The Bertz CT molecular complexity index is 107. The first kappa shape index (κ1) is 11.8. The van der Waals surface area contributed by atoms with Gasteiger partial charge in [0.15, 0.2) is 0 Å². The van der Waals surface area contributed by atoms with Crippen LogP contribution in [0.4, 0.5) is 8.78 Å². The molecule has 0 radical (unpaired) electrons. The van der Waals surface area contributed by atoms with Crippen molar-refractivity contribution in [3.63, 3.8) is 0 Å². The van der Waals surface area contributed by atoms with E-state index in [1.54, 1.807) is 0 Å². The maximum atomic E-state index is 12.1. The van der Waals surface area contributed by atoms with E-state index < -0.39 is 12.3 Å². The molecule has 3 heteroatoms. The minimum Gasteiger partial charge on any atom is -0.381 e. The highest BCUT2D eigenvalue weighted by molar-refractivity contribution is 4.71. The number of rotatable bonds is 1. The quantitative estimate of drug-likeness (QED) is 0.602. The van der Waals surface area contributed by atoms with Crippen molar-refractivity contribution in [2.75, 3.05) is 13.2 Å². The third kappa shape index (κ3) is 3.48. The summed E-state index contributed by atoms with van der Waals surface area (Å²) in [6.07, 6.45) is -1.44. The first-order chi connectivity index (χ1) is 5.72. The summed E-state index contributed by atoms with van der Waals surface area (Å²) in [5, 5.41) is 0. The molecule has 0 aliphatic carbocycles. The van der Waals surface area contributed by atoms with Crippen molar-refractivity contribution >= 4 is 0 Å². The fraction of sp³-hybridized carbons (Fsp3) is 1.00. The van der Waals surface area contributed by atoms with Crippen molar-refractivity contribution in [3.05, 3.63) is 0 Å². The first-order valence-corrected chi connectivity index (χ1v) is 4.57. The number of halogens is 2. The van der Waals surface area contributed by atoms with Crippen molar-refractivity contribution in [3.8, 4) is 0 Å². The normalized spacial score (nSPS) is 29.5. The maximum Gasteiger partial charge on any atom is 0.243 e. The summed E-state index contributed by atoms with van der Waals surface area (Å²) in [5.74, 6) is -0.414. The fourth-order valence-electron chi connectivity index (χ4n) is 1.19. The molecule has 1 rings (SSSR count). The van der Waals surface area contributed by atoms with E-state index >= 15 is 0 Å². The number of ether oxygens (including phenoxy) is 1. The predicted molar refractivity (Wildman–Crippen MR) is 45.4 cm³/mol. The second-order valence-electron chi connectivity index (χ2n) is 2.84. The average molecular weight is 180 g/mol. The summed E-state index contributed by atoms with van der Waals surface area (Å²) in [4.78, 5) is 0. The van der Waals surface area contributed by atoms with Crippen LogP contribution in [-0.2, 0) is 4.74 Å². The zero-order valence-corrected chi connectivity index (χ0v) is 8.02. The van der Waals surface area contributed by atoms with Gasteiger partial charge in [-0.05, 0) is 12.3 Å². The molecule has 0 aromatic rings. The van der Waals surface area contributed by atoms with E-state index in [9.17, 15) is 8.78 Å². The van der Waals surface area contributed by atoms with E-state index in [4.69, 9.17) is 4.74 Å². The van der Waals surface area contributed by atoms with Gasteiger partial charge in [-0.3, -0.25) is 0 Å². The van der Waals surface area contributed by atoms with Crippen molar-refractivity contribution in [2.24, 2.45) is 11.8 Å². The first-order valence-electron chi connectivity index (χ1n) is 4.57. The van der Waals surface area contributed by atoms with Crippen LogP contribution in [0.3, 0.4) is 0 Å². The molecule has 1 nitrogen and oxygen atoms in total. The molecule has 2 atom stereocenters. The van der Waals surface area contributed by atoms with Crippen LogP contribution in [0, 0.1) is 11.8 Å². The Morgan fingerprint density at radius 3 is 2.25 bits per heavy atom. The zero-order valence-electron chi connectivity index (χ0n) is 8.02. The summed E-state index contributed by atoms with van der Waals surface area (Å²) in [7, 11) is 0. The van der Waals surface area contributed by atoms with Crippen LogP contribution in [0.15, 0.2) is 0 Å². The maximum absolute atomic E-state index is 12.1. The Labute approximate surface area is 73.1 Å². The lowest BCUT2D eigenvalue weighted by Gasteiger charge is -2.27. The van der Waals surface area contributed by atoms with Crippen LogP contribution >= 0.6 is 0 Å². The van der Waals surface area contributed by atoms with Crippen LogP contribution in [0.2, 0.25) is 0 Å². The minimum absolute atomic E-state index is 0.119. The van der Waals surface area contributed by atoms with Gasteiger partial charge in [-0.2, -0.15) is 0 Å². The summed E-state index contributed by atoms with van der Waals surface area (Å²) in [6, 6.07) is 0. The Kier molecular flexibility index (Phi) is 6.25. The zero-order chi connectivity index (χ0) is 9.56. The van der Waals surface area contributed by atoms with Gasteiger partial charge in [0, 0.05) is 12.5 Å². The summed E-state index contributed by atoms with van der Waals surface area (Å²) in [6.45, 7) is 6.74. The van der Waals surface area contributed by atoms with Gasteiger partial charge in [-0.15, -0.1) is 0 Å². The topological polar surface area (TPSA) is 9.23 Å². The standard InChI is InChI=1S/C7H12F2O.C2H6/c1-5-2-3-10-4-6(5)7(8)9;1-2/h5-7H,2-4H2,1H3;1-2H3. The number of hydrogen-bond acceptors (Lipinski definition) is 1. The number of alkyl halides is 2. The smallest absolute Gasteiger partial charge is 0.243 e. The van der Waals surface area contributed by atoms with Crippen molar-refractivity contribution in [2.45, 2.75) is 33.6 Å². The van der Waals surface area contributed by atoms with Gasteiger partial charge in [0.25, 0.3) is 0 Å². The molecular formula is C9H18F2O. The molecule has 0 saturated carbocycles. The Morgan fingerprint density at radius 1 is 1.33 bits per heavy atom. The molecule has 0 aromatic carbocycles. The lowest BCUT2D eigenvalue weighted by Crippen LogP contribution is -2.30. The van der Waals surface area contributed by atoms with Crippen LogP contribution in [0.1, 0.15) is 27.2 Å². The lowest BCUT2D eigenvalue weighted by atomic mass is 9.91. The van der Waals surface area contributed by atoms with E-state index in [-0.39, 0.29) is 12.5 Å². The van der Waals surface area contributed by atoms with Gasteiger partial charge in [0.2, 0.25) is 6.43 Å². The minimum atomic E-state index is -2.21. The molecule has 1 saturated heterocycles. The molecule has 0 amide bonds. The largest absolute Gasteiger partial charge is 0.381 e. The lowest BCUT2D eigenvalue weighted by molar-refractivity contribution is -0.0533. The van der Waals surface area contributed by atoms with E-state index in [0.29, 0.717) is 6.61 Å². The molecule has 2 unspecified atom stereocenters. The Hall–Kier alpha value is -0.180. The second kappa shape index (κ2) is 6.35. The van der Waals surface area contributed by atoms with Gasteiger partial charge in [0.05, 0.1) is 6.61 Å². The molecule has 0 spiro atoms. The molecule has 1 aliphatic heterocycles. The Morgan fingerprint density at radius 2 is 1.92 bits per heavy atom. The van der Waals surface area contributed by atoms with E-state index in [2.05, 4.69) is 0 Å². The molecule has 0 bridgehead atoms. The number of hydrogen-bond donors (Lipinski definition) is 0. The SMILES string of the molecule is CC.CC1CCOCC1C(F)F. The van der Waals surface area contributed by atoms with Crippen molar-refractivity contribution < 1.29 is 13.5 Å². The molecule has 1 aliphatic rings. The highest BCUT2D eigenvalue weighted by Gasteiger charge is 2.29. The predicted octanol–water partition coefficient (Wildman–Crippen LogP) is 2.95. The highest BCUT2D eigenvalue weighted by atomic mass is 19.3. The second-order valence-corrected chi connectivity index (χ2v) is 2.84. The van der Waals surface area contributed by atoms with Crippen LogP contribution in [0.5, 0.6) is 0 Å². The van der Waals surface area contributed by atoms with Crippen LogP contribution in [-0.4, -0.2) is 19.6 Å². The molecule has 0 aromatic heterocycles. The van der Waals surface area contributed by atoms with Gasteiger partial charge in [-0.25, -0.2) is 8.78 Å². The Balaban J connectivity index is 0.000000561. The molecule has 0 N–H and O–H groups in total. The van der Waals surface area contributed by atoms with E-state index in [1.165, 1.54) is 0 Å². The molecule has 1 fully saturated rings. The summed E-state index contributed by atoms with van der Waals surface area (Å²) in [5.41, 5.74) is 0. The van der Waals surface area contributed by atoms with E-state index in [1.807, 2.05) is 20.8 Å². The monoisotopic (exact) mass is 180 g/mol. The van der Waals surface area contributed by atoms with Crippen LogP contribution in [0.25, 0.3) is 0 Å². The molecule has 12 heavy (non-hydrogen) atoms. The van der Waals surface area contributed by atoms with Gasteiger partial charge < -0.3 is 4.74 Å². The third-order valence-corrected chi connectivity index (χ3v) is 2.08. The van der Waals surface area contributed by atoms with Crippen molar-refractivity contribution in [1.82, 2.24) is 0 Å². The van der Waals surface area contributed by atoms with E-state index in [0.717, 1.165) is 6.42 Å². The molecular weight excluding hydrogens is 162 g/mol. The van der Waals surface area contributed by atoms with Crippen LogP contribution < -0.4 is 0 Å². The van der Waals surface area contributed by atoms with Gasteiger partial charge >= 0.3 is 0 Å². The fourth-order valence-corrected chi connectivity index (χ4v) is 1.19.